The molecule has 3 heteroatoms. The van der Waals surface area contributed by atoms with Crippen LogP contribution in [0.15, 0.2) is 6.07 Å². The van der Waals surface area contributed by atoms with Gasteiger partial charge in [0.25, 0.3) is 0 Å². The van der Waals surface area contributed by atoms with Crippen LogP contribution < -0.4 is 0 Å². The van der Waals surface area contributed by atoms with Crippen molar-refractivity contribution in [2.24, 2.45) is 7.05 Å². The monoisotopic (exact) mass is 210 g/mol. The third-order valence-corrected chi connectivity index (χ3v) is 2.73. The van der Waals surface area contributed by atoms with Crippen molar-refractivity contribution in [3.05, 3.63) is 17.5 Å². The molecule has 1 aromatic rings. The number of aromatic nitrogens is 2. The van der Waals surface area contributed by atoms with Crippen molar-refractivity contribution in [3.8, 4) is 0 Å². The topological polar surface area (TPSA) is 38.1 Å². The summed E-state index contributed by atoms with van der Waals surface area (Å²) < 4.78 is 1.88. The average molecular weight is 210 g/mol. The fourth-order valence-corrected chi connectivity index (χ4v) is 1.72. The van der Waals surface area contributed by atoms with Gasteiger partial charge in [0.2, 0.25) is 0 Å². The predicted octanol–water partition coefficient (Wildman–Crippen LogP) is 2.08. The summed E-state index contributed by atoms with van der Waals surface area (Å²) in [6.45, 7) is 4.24. The van der Waals surface area contributed by atoms with Gasteiger partial charge in [-0.15, -0.1) is 0 Å². The van der Waals surface area contributed by atoms with Crippen LogP contribution in [0.3, 0.4) is 0 Å². The lowest BCUT2D eigenvalue weighted by Crippen LogP contribution is -2.12. The molecule has 1 aromatic heterocycles. The average Bonchev–Trinajstić information content (AvgIpc) is 2.57. The van der Waals surface area contributed by atoms with Crippen molar-refractivity contribution >= 4 is 0 Å². The van der Waals surface area contributed by atoms with Gasteiger partial charge in [0, 0.05) is 19.2 Å². The Morgan fingerprint density at radius 3 is 2.73 bits per heavy atom. The molecule has 0 spiro atoms. The summed E-state index contributed by atoms with van der Waals surface area (Å²) in [7, 11) is 1.95. The van der Waals surface area contributed by atoms with Gasteiger partial charge in [0.05, 0.1) is 11.8 Å². The van der Waals surface area contributed by atoms with E-state index in [2.05, 4.69) is 25.0 Å². The van der Waals surface area contributed by atoms with Crippen LogP contribution in [0.1, 0.15) is 44.5 Å². The number of rotatable bonds is 6. The lowest BCUT2D eigenvalue weighted by Gasteiger charge is -2.09. The minimum atomic E-state index is -0.218. The van der Waals surface area contributed by atoms with Crippen molar-refractivity contribution in [2.45, 2.75) is 52.1 Å². The van der Waals surface area contributed by atoms with Crippen molar-refractivity contribution in [2.75, 3.05) is 0 Å². The molecule has 1 atom stereocenters. The van der Waals surface area contributed by atoms with E-state index >= 15 is 0 Å². The quantitative estimate of drug-likeness (QED) is 0.780. The van der Waals surface area contributed by atoms with Gasteiger partial charge < -0.3 is 5.11 Å². The van der Waals surface area contributed by atoms with Crippen molar-refractivity contribution in [1.82, 2.24) is 9.78 Å². The highest BCUT2D eigenvalue weighted by molar-refractivity contribution is 5.11. The largest absolute Gasteiger partial charge is 0.393 e. The highest BCUT2D eigenvalue weighted by Crippen LogP contribution is 2.10. The van der Waals surface area contributed by atoms with Crippen molar-refractivity contribution in [3.63, 3.8) is 0 Å². The first kappa shape index (κ1) is 12.2. The molecule has 1 N–H and O–H groups in total. The first-order valence-electron chi connectivity index (χ1n) is 5.87. The molecule has 0 saturated carbocycles. The molecule has 0 aliphatic carbocycles. The molecule has 1 heterocycles. The van der Waals surface area contributed by atoms with Crippen LogP contribution in [-0.2, 0) is 19.9 Å². The summed E-state index contributed by atoms with van der Waals surface area (Å²) in [6.07, 6.45) is 4.60. The van der Waals surface area contributed by atoms with Gasteiger partial charge >= 0.3 is 0 Å². The van der Waals surface area contributed by atoms with E-state index in [-0.39, 0.29) is 6.10 Å². The van der Waals surface area contributed by atoms with Gasteiger partial charge in [0.15, 0.2) is 0 Å². The second-order valence-electron chi connectivity index (χ2n) is 4.10. The van der Waals surface area contributed by atoms with Gasteiger partial charge in [-0.1, -0.05) is 26.7 Å². The smallest absolute Gasteiger partial charge is 0.0624 e. The molecule has 0 amide bonds. The van der Waals surface area contributed by atoms with Crippen LogP contribution in [0.2, 0.25) is 0 Å². The summed E-state index contributed by atoms with van der Waals surface area (Å²) in [5, 5.41) is 14.2. The fourth-order valence-electron chi connectivity index (χ4n) is 1.72. The molecule has 1 unspecified atom stereocenters. The second-order valence-corrected chi connectivity index (χ2v) is 4.10. The SMILES string of the molecule is CCCCC(O)Cc1cc(CC)nn1C. The number of hydrogen-bond acceptors (Lipinski definition) is 2. The molecule has 15 heavy (non-hydrogen) atoms. The van der Waals surface area contributed by atoms with E-state index in [1.165, 1.54) is 0 Å². The van der Waals surface area contributed by atoms with E-state index < -0.39 is 0 Å². The molecule has 1 rings (SSSR count). The second kappa shape index (κ2) is 5.91. The zero-order valence-corrected chi connectivity index (χ0v) is 10.0. The Bertz CT molecular complexity index is 294. The maximum atomic E-state index is 9.80. The Morgan fingerprint density at radius 1 is 1.47 bits per heavy atom. The predicted molar refractivity (Wildman–Crippen MR) is 61.8 cm³/mol. The first-order valence-corrected chi connectivity index (χ1v) is 5.87. The third kappa shape index (κ3) is 3.67. The number of hydrogen-bond donors (Lipinski definition) is 1. The summed E-state index contributed by atoms with van der Waals surface area (Å²) in [5.74, 6) is 0. The summed E-state index contributed by atoms with van der Waals surface area (Å²) in [6, 6.07) is 2.09. The minimum Gasteiger partial charge on any atom is -0.393 e. The zero-order valence-electron chi connectivity index (χ0n) is 10.0. The Morgan fingerprint density at radius 2 is 2.20 bits per heavy atom. The Balaban J connectivity index is 2.51. The van der Waals surface area contributed by atoms with E-state index in [0.29, 0.717) is 0 Å². The normalized spacial score (nSPS) is 13.1. The van der Waals surface area contributed by atoms with E-state index in [1.807, 2.05) is 11.7 Å². The summed E-state index contributed by atoms with van der Waals surface area (Å²) in [5.41, 5.74) is 2.24. The molecule has 0 saturated heterocycles. The molecule has 0 aromatic carbocycles. The van der Waals surface area contributed by atoms with Gasteiger partial charge in [-0.2, -0.15) is 5.10 Å². The van der Waals surface area contributed by atoms with Gasteiger partial charge in [-0.05, 0) is 18.9 Å². The minimum absolute atomic E-state index is 0.218. The standard InChI is InChI=1S/C12H22N2O/c1-4-6-7-12(15)9-11-8-10(5-2)13-14(11)3/h8,12,15H,4-7,9H2,1-3H3. The van der Waals surface area contributed by atoms with Crippen LogP contribution >= 0.6 is 0 Å². The maximum absolute atomic E-state index is 9.80. The maximum Gasteiger partial charge on any atom is 0.0624 e. The molecule has 0 aliphatic rings. The summed E-state index contributed by atoms with van der Waals surface area (Å²) >= 11 is 0. The molecular weight excluding hydrogens is 188 g/mol. The lowest BCUT2D eigenvalue weighted by atomic mass is 10.1. The van der Waals surface area contributed by atoms with Crippen LogP contribution in [0.5, 0.6) is 0 Å². The molecule has 0 radical (unpaired) electrons. The zero-order chi connectivity index (χ0) is 11.3. The highest BCUT2D eigenvalue weighted by Gasteiger charge is 2.09. The number of unbranched alkanes of at least 4 members (excludes halogenated alkanes) is 1. The number of aryl methyl sites for hydroxylation is 2. The molecule has 86 valence electrons. The van der Waals surface area contributed by atoms with Gasteiger partial charge in [0.1, 0.15) is 0 Å². The van der Waals surface area contributed by atoms with Crippen LogP contribution in [0.4, 0.5) is 0 Å². The number of aliphatic hydroxyl groups is 1. The van der Waals surface area contributed by atoms with Crippen LogP contribution in [0.25, 0.3) is 0 Å². The highest BCUT2D eigenvalue weighted by atomic mass is 16.3. The summed E-state index contributed by atoms with van der Waals surface area (Å²) in [4.78, 5) is 0. The van der Waals surface area contributed by atoms with E-state index in [4.69, 9.17) is 0 Å². The first-order chi connectivity index (χ1) is 7.17. The molecule has 0 bridgehead atoms. The molecule has 3 nitrogen and oxygen atoms in total. The van der Waals surface area contributed by atoms with Gasteiger partial charge in [-0.25, -0.2) is 0 Å². The fraction of sp³-hybridized carbons (Fsp3) is 0.750. The number of aliphatic hydroxyl groups excluding tert-OH is 1. The van der Waals surface area contributed by atoms with Crippen molar-refractivity contribution < 1.29 is 5.11 Å². The van der Waals surface area contributed by atoms with Crippen LogP contribution in [0, 0.1) is 0 Å². The Labute approximate surface area is 92.1 Å². The molecule has 0 aliphatic heterocycles. The van der Waals surface area contributed by atoms with E-state index in [0.717, 1.165) is 43.5 Å². The Kier molecular flexibility index (Phi) is 4.82. The third-order valence-electron chi connectivity index (χ3n) is 2.73. The number of nitrogens with zero attached hydrogens (tertiary/aromatic N) is 2. The van der Waals surface area contributed by atoms with Crippen LogP contribution in [-0.4, -0.2) is 21.0 Å². The van der Waals surface area contributed by atoms with E-state index in [9.17, 15) is 5.11 Å². The molecule has 0 fully saturated rings. The molecular formula is C12H22N2O. The lowest BCUT2D eigenvalue weighted by molar-refractivity contribution is 0.159. The van der Waals surface area contributed by atoms with Crippen molar-refractivity contribution in [1.29, 1.82) is 0 Å². The van der Waals surface area contributed by atoms with Gasteiger partial charge in [-0.3, -0.25) is 4.68 Å². The van der Waals surface area contributed by atoms with E-state index in [1.54, 1.807) is 0 Å². The Hall–Kier alpha value is -0.830.